The molecule has 1 heterocycles. The summed E-state index contributed by atoms with van der Waals surface area (Å²) in [7, 11) is -3.46. The van der Waals surface area contributed by atoms with Crippen LogP contribution in [0.5, 0.6) is 0 Å². The standard InChI is InChI=1S/C18H24N2O2S/c1-4-20(14-12-17-7-5-6-13-19-17)23(21,22)18-10-8-16(9-11-18)15(2)3/h5-11,13,15H,4,12,14H2,1-3H3. The van der Waals surface area contributed by atoms with Gasteiger partial charge < -0.3 is 0 Å². The van der Waals surface area contributed by atoms with E-state index >= 15 is 0 Å². The molecule has 0 saturated carbocycles. The summed E-state index contributed by atoms with van der Waals surface area (Å²) in [5.74, 6) is 0.387. The van der Waals surface area contributed by atoms with E-state index in [1.807, 2.05) is 37.3 Å². The van der Waals surface area contributed by atoms with Gasteiger partial charge in [-0.05, 0) is 35.7 Å². The molecule has 2 aromatic rings. The van der Waals surface area contributed by atoms with Gasteiger partial charge in [0.1, 0.15) is 0 Å². The fourth-order valence-electron chi connectivity index (χ4n) is 2.41. The number of hydrogen-bond acceptors (Lipinski definition) is 3. The van der Waals surface area contributed by atoms with Crippen molar-refractivity contribution in [2.75, 3.05) is 13.1 Å². The Labute approximate surface area is 139 Å². The first kappa shape index (κ1) is 17.6. The zero-order valence-corrected chi connectivity index (χ0v) is 14.8. The van der Waals surface area contributed by atoms with Gasteiger partial charge in [-0.1, -0.05) is 39.0 Å². The highest BCUT2D eigenvalue weighted by atomic mass is 32.2. The normalized spacial score (nSPS) is 12.0. The van der Waals surface area contributed by atoms with Crippen LogP contribution >= 0.6 is 0 Å². The van der Waals surface area contributed by atoms with Crippen LogP contribution in [-0.4, -0.2) is 30.8 Å². The lowest BCUT2D eigenvalue weighted by Gasteiger charge is -2.20. The van der Waals surface area contributed by atoms with Crippen LogP contribution in [0.2, 0.25) is 0 Å². The minimum Gasteiger partial charge on any atom is -0.261 e. The highest BCUT2D eigenvalue weighted by molar-refractivity contribution is 7.89. The van der Waals surface area contributed by atoms with Crippen LogP contribution in [0.25, 0.3) is 0 Å². The van der Waals surface area contributed by atoms with Gasteiger partial charge in [0, 0.05) is 31.4 Å². The number of benzene rings is 1. The van der Waals surface area contributed by atoms with Gasteiger partial charge in [-0.25, -0.2) is 8.42 Å². The van der Waals surface area contributed by atoms with Crippen molar-refractivity contribution in [3.8, 4) is 0 Å². The third-order valence-electron chi connectivity index (χ3n) is 3.88. The Hall–Kier alpha value is -1.72. The molecular formula is C18H24N2O2S. The predicted octanol–water partition coefficient (Wildman–Crippen LogP) is 3.46. The summed E-state index contributed by atoms with van der Waals surface area (Å²) < 4.78 is 27.0. The van der Waals surface area contributed by atoms with E-state index in [-0.39, 0.29) is 0 Å². The molecule has 0 unspecified atom stereocenters. The molecule has 124 valence electrons. The molecule has 1 aromatic heterocycles. The van der Waals surface area contributed by atoms with Crippen LogP contribution in [-0.2, 0) is 16.4 Å². The second-order valence-electron chi connectivity index (χ2n) is 5.79. The van der Waals surface area contributed by atoms with Gasteiger partial charge in [-0.15, -0.1) is 0 Å². The maximum absolute atomic E-state index is 12.8. The Morgan fingerprint density at radius 2 is 1.78 bits per heavy atom. The summed E-state index contributed by atoms with van der Waals surface area (Å²) in [4.78, 5) is 4.60. The zero-order valence-electron chi connectivity index (χ0n) is 13.9. The first-order chi connectivity index (χ1) is 10.9. The van der Waals surface area contributed by atoms with Crippen molar-refractivity contribution in [3.63, 3.8) is 0 Å². The first-order valence-electron chi connectivity index (χ1n) is 7.95. The zero-order chi connectivity index (χ0) is 16.9. The van der Waals surface area contributed by atoms with Gasteiger partial charge in [0.05, 0.1) is 4.90 Å². The van der Waals surface area contributed by atoms with Gasteiger partial charge in [0.15, 0.2) is 0 Å². The number of pyridine rings is 1. The van der Waals surface area contributed by atoms with Crippen LogP contribution in [0.3, 0.4) is 0 Å². The lowest BCUT2D eigenvalue weighted by atomic mass is 10.0. The molecule has 1 aromatic carbocycles. The number of nitrogens with zero attached hydrogens (tertiary/aromatic N) is 2. The SMILES string of the molecule is CCN(CCc1ccccn1)S(=O)(=O)c1ccc(C(C)C)cc1. The summed E-state index contributed by atoms with van der Waals surface area (Å²) in [5, 5.41) is 0. The largest absolute Gasteiger partial charge is 0.261 e. The molecule has 5 heteroatoms. The Morgan fingerprint density at radius 3 is 2.30 bits per heavy atom. The van der Waals surface area contributed by atoms with Crippen molar-refractivity contribution in [1.29, 1.82) is 0 Å². The molecule has 0 aliphatic carbocycles. The van der Waals surface area contributed by atoms with Crippen LogP contribution in [0.4, 0.5) is 0 Å². The number of hydrogen-bond donors (Lipinski definition) is 0. The van der Waals surface area contributed by atoms with Crippen LogP contribution in [0.1, 0.15) is 37.9 Å². The summed E-state index contributed by atoms with van der Waals surface area (Å²) in [6.45, 7) is 6.92. The Morgan fingerprint density at radius 1 is 1.09 bits per heavy atom. The van der Waals surface area contributed by atoms with E-state index < -0.39 is 10.0 Å². The summed E-state index contributed by atoms with van der Waals surface area (Å²) in [6, 6.07) is 12.9. The summed E-state index contributed by atoms with van der Waals surface area (Å²) >= 11 is 0. The van der Waals surface area contributed by atoms with Crippen molar-refractivity contribution in [3.05, 3.63) is 59.9 Å². The number of likely N-dealkylation sites (N-methyl/N-ethyl adjacent to an activating group) is 1. The second-order valence-corrected chi connectivity index (χ2v) is 7.73. The van der Waals surface area contributed by atoms with Gasteiger partial charge in [-0.3, -0.25) is 4.98 Å². The minimum absolute atomic E-state index is 0.352. The lowest BCUT2D eigenvalue weighted by molar-refractivity contribution is 0.429. The number of rotatable bonds is 7. The second kappa shape index (κ2) is 7.70. The third kappa shape index (κ3) is 4.39. The average molecular weight is 332 g/mol. The monoisotopic (exact) mass is 332 g/mol. The molecule has 0 fully saturated rings. The molecule has 0 N–H and O–H groups in total. The van der Waals surface area contributed by atoms with E-state index in [4.69, 9.17) is 0 Å². The quantitative estimate of drug-likeness (QED) is 0.780. The average Bonchev–Trinajstić information content (AvgIpc) is 2.56. The molecule has 23 heavy (non-hydrogen) atoms. The number of aromatic nitrogens is 1. The Kier molecular flexibility index (Phi) is 5.91. The Bertz CT molecular complexity index is 710. The summed E-state index contributed by atoms with van der Waals surface area (Å²) in [6.07, 6.45) is 2.34. The van der Waals surface area contributed by atoms with Crippen molar-refractivity contribution in [2.45, 2.75) is 38.0 Å². The van der Waals surface area contributed by atoms with E-state index in [2.05, 4.69) is 18.8 Å². The van der Waals surface area contributed by atoms with Gasteiger partial charge in [-0.2, -0.15) is 4.31 Å². The van der Waals surface area contributed by atoms with Crippen LogP contribution in [0, 0.1) is 0 Å². The molecule has 0 amide bonds. The topological polar surface area (TPSA) is 50.3 Å². The smallest absolute Gasteiger partial charge is 0.243 e. The minimum atomic E-state index is -3.46. The maximum atomic E-state index is 12.8. The third-order valence-corrected chi connectivity index (χ3v) is 5.87. The van der Waals surface area contributed by atoms with Gasteiger partial charge in [0.2, 0.25) is 10.0 Å². The molecule has 0 saturated heterocycles. The fraction of sp³-hybridized carbons (Fsp3) is 0.389. The Balaban J connectivity index is 2.14. The van der Waals surface area contributed by atoms with Crippen LogP contribution in [0.15, 0.2) is 53.6 Å². The molecule has 0 bridgehead atoms. The molecule has 0 atom stereocenters. The van der Waals surface area contributed by atoms with E-state index in [0.29, 0.717) is 30.3 Å². The van der Waals surface area contributed by atoms with Crippen molar-refractivity contribution >= 4 is 10.0 Å². The molecule has 2 rings (SSSR count). The van der Waals surface area contributed by atoms with Crippen molar-refractivity contribution in [2.24, 2.45) is 0 Å². The van der Waals surface area contributed by atoms with Crippen molar-refractivity contribution in [1.82, 2.24) is 9.29 Å². The number of sulfonamides is 1. The van der Waals surface area contributed by atoms with E-state index in [1.165, 1.54) is 4.31 Å². The van der Waals surface area contributed by atoms with Crippen molar-refractivity contribution < 1.29 is 8.42 Å². The molecule has 4 nitrogen and oxygen atoms in total. The lowest BCUT2D eigenvalue weighted by Crippen LogP contribution is -2.33. The molecule has 0 radical (unpaired) electrons. The van der Waals surface area contributed by atoms with Gasteiger partial charge in [0.25, 0.3) is 0 Å². The summed E-state index contributed by atoms with van der Waals surface area (Å²) in [5.41, 5.74) is 2.04. The van der Waals surface area contributed by atoms with Crippen LogP contribution < -0.4 is 0 Å². The fourth-order valence-corrected chi connectivity index (χ4v) is 3.86. The molecule has 0 aliphatic heterocycles. The first-order valence-corrected chi connectivity index (χ1v) is 9.39. The van der Waals surface area contributed by atoms with Gasteiger partial charge >= 0.3 is 0 Å². The van der Waals surface area contributed by atoms with E-state index in [0.717, 1.165) is 11.3 Å². The molecule has 0 aliphatic rings. The molecular weight excluding hydrogens is 308 g/mol. The molecule has 0 spiro atoms. The highest BCUT2D eigenvalue weighted by Gasteiger charge is 2.22. The predicted molar refractivity (Wildman–Crippen MR) is 92.9 cm³/mol. The van der Waals surface area contributed by atoms with E-state index in [1.54, 1.807) is 18.3 Å². The van der Waals surface area contributed by atoms with E-state index in [9.17, 15) is 8.42 Å². The highest BCUT2D eigenvalue weighted by Crippen LogP contribution is 2.20. The maximum Gasteiger partial charge on any atom is 0.243 e.